The zero-order valence-corrected chi connectivity index (χ0v) is 22.5. The second-order valence-electron chi connectivity index (χ2n) is 11.4. The lowest BCUT2D eigenvalue weighted by Crippen LogP contribution is -2.51. The van der Waals surface area contributed by atoms with E-state index in [-0.39, 0.29) is 0 Å². The molecule has 0 aliphatic rings. The third-order valence-electron chi connectivity index (χ3n) is 7.04. The Morgan fingerprint density at radius 1 is 0.300 bits per heavy atom. The van der Waals surface area contributed by atoms with Gasteiger partial charge in [0.1, 0.15) is 13.1 Å². The first-order valence-electron chi connectivity index (χ1n) is 14.0. The summed E-state index contributed by atoms with van der Waals surface area (Å²) in [5.74, 6) is 0. The fourth-order valence-electron chi connectivity index (χ4n) is 4.47. The second kappa shape index (κ2) is 19.6. The quantitative estimate of drug-likeness (QED) is 0.114. The highest BCUT2D eigenvalue weighted by Gasteiger charge is 2.22. The van der Waals surface area contributed by atoms with Gasteiger partial charge in [-0.3, -0.25) is 0 Å². The van der Waals surface area contributed by atoms with Crippen LogP contribution in [-0.4, -0.2) is 63.3 Å². The number of nitrogens with zero attached hydrogens (tertiary/aromatic N) is 2. The largest absolute Gasteiger partial charge is 0.324 e. The van der Waals surface area contributed by atoms with Crippen LogP contribution in [-0.2, 0) is 0 Å². The van der Waals surface area contributed by atoms with Crippen molar-refractivity contribution in [2.45, 2.75) is 129 Å². The molecule has 0 aliphatic carbocycles. The second-order valence-corrected chi connectivity index (χ2v) is 11.4. The number of hydrogen-bond acceptors (Lipinski definition) is 0. The van der Waals surface area contributed by atoms with Crippen molar-refractivity contribution in [3.63, 3.8) is 0 Å². The van der Waals surface area contributed by atoms with Crippen LogP contribution in [0.3, 0.4) is 0 Å². The van der Waals surface area contributed by atoms with Crippen LogP contribution in [0.2, 0.25) is 0 Å². The lowest BCUT2D eigenvalue weighted by Gasteiger charge is -2.36. The number of hydrogen-bond donors (Lipinski definition) is 0. The van der Waals surface area contributed by atoms with Crippen molar-refractivity contribution in [1.82, 2.24) is 0 Å². The molecule has 30 heavy (non-hydrogen) atoms. The Labute approximate surface area is 193 Å². The molecule has 0 fully saturated rings. The maximum Gasteiger partial charge on any atom is 0.128 e. The molecule has 0 saturated carbocycles. The van der Waals surface area contributed by atoms with Crippen molar-refractivity contribution in [3.8, 4) is 0 Å². The van der Waals surface area contributed by atoms with E-state index in [1.807, 2.05) is 0 Å². The molecule has 0 unspecified atom stereocenters. The van der Waals surface area contributed by atoms with Gasteiger partial charge in [-0.05, 0) is 25.7 Å². The SMILES string of the molecule is CCCCCCCCCCCCCC[N+](C)(C)CC[N+](C)(C)CCCCCCCC. The van der Waals surface area contributed by atoms with E-state index in [0.29, 0.717) is 0 Å². The van der Waals surface area contributed by atoms with Crippen molar-refractivity contribution in [2.24, 2.45) is 0 Å². The van der Waals surface area contributed by atoms with E-state index < -0.39 is 0 Å². The third-order valence-corrected chi connectivity index (χ3v) is 7.04. The molecule has 0 heterocycles. The van der Waals surface area contributed by atoms with Crippen LogP contribution in [0.1, 0.15) is 129 Å². The normalized spacial score (nSPS) is 12.6. The zero-order chi connectivity index (χ0) is 22.6. The van der Waals surface area contributed by atoms with E-state index in [9.17, 15) is 0 Å². The fraction of sp³-hybridized carbons (Fsp3) is 1.00. The fourth-order valence-corrected chi connectivity index (χ4v) is 4.47. The predicted molar refractivity (Wildman–Crippen MR) is 138 cm³/mol. The Kier molecular flexibility index (Phi) is 19.5. The van der Waals surface area contributed by atoms with Crippen LogP contribution in [0.4, 0.5) is 0 Å². The van der Waals surface area contributed by atoms with Gasteiger partial charge in [0.15, 0.2) is 0 Å². The molecular weight excluding hydrogens is 364 g/mol. The smallest absolute Gasteiger partial charge is 0.128 e. The highest BCUT2D eigenvalue weighted by atomic mass is 15.4. The monoisotopic (exact) mass is 426 g/mol. The minimum Gasteiger partial charge on any atom is -0.324 e. The van der Waals surface area contributed by atoms with E-state index in [1.165, 1.54) is 151 Å². The average Bonchev–Trinajstić information content (AvgIpc) is 2.70. The van der Waals surface area contributed by atoms with Crippen molar-refractivity contribution >= 4 is 0 Å². The molecule has 0 aromatic carbocycles. The summed E-state index contributed by atoms with van der Waals surface area (Å²) in [4.78, 5) is 0. The lowest BCUT2D eigenvalue weighted by molar-refractivity contribution is -0.946. The average molecular weight is 427 g/mol. The molecule has 0 radical (unpaired) electrons. The molecule has 0 aromatic rings. The number of unbranched alkanes of at least 4 members (excludes halogenated alkanes) is 16. The summed E-state index contributed by atoms with van der Waals surface area (Å²) in [5.41, 5.74) is 0. The van der Waals surface area contributed by atoms with Crippen molar-refractivity contribution < 1.29 is 8.97 Å². The van der Waals surface area contributed by atoms with E-state index in [2.05, 4.69) is 42.0 Å². The lowest BCUT2D eigenvalue weighted by atomic mass is 10.1. The minimum absolute atomic E-state index is 1.20. The Morgan fingerprint density at radius 3 is 0.800 bits per heavy atom. The number of likely N-dealkylation sites (N-methyl/N-ethyl adjacent to an activating group) is 2. The molecule has 0 aromatic heterocycles. The molecule has 0 amide bonds. The summed E-state index contributed by atoms with van der Waals surface area (Å²) >= 11 is 0. The summed E-state index contributed by atoms with van der Waals surface area (Å²) in [6, 6.07) is 0. The van der Waals surface area contributed by atoms with Gasteiger partial charge in [-0.15, -0.1) is 0 Å². The molecule has 2 nitrogen and oxygen atoms in total. The maximum atomic E-state index is 2.45. The highest BCUT2D eigenvalue weighted by molar-refractivity contribution is 4.49. The molecule has 182 valence electrons. The summed E-state index contributed by atoms with van der Waals surface area (Å²) in [5, 5.41) is 0. The van der Waals surface area contributed by atoms with E-state index in [1.54, 1.807) is 0 Å². The van der Waals surface area contributed by atoms with E-state index >= 15 is 0 Å². The van der Waals surface area contributed by atoms with Crippen LogP contribution in [0.25, 0.3) is 0 Å². The zero-order valence-electron chi connectivity index (χ0n) is 22.5. The van der Waals surface area contributed by atoms with Crippen LogP contribution in [0.15, 0.2) is 0 Å². The number of rotatable bonds is 23. The Hall–Kier alpha value is -0.0800. The van der Waals surface area contributed by atoms with Crippen molar-refractivity contribution in [2.75, 3.05) is 54.4 Å². The third kappa shape index (κ3) is 21.2. The first kappa shape index (κ1) is 29.9. The maximum absolute atomic E-state index is 2.45. The Balaban J connectivity index is 3.61. The van der Waals surface area contributed by atoms with Gasteiger partial charge in [0.2, 0.25) is 0 Å². The van der Waals surface area contributed by atoms with Gasteiger partial charge in [0, 0.05) is 0 Å². The van der Waals surface area contributed by atoms with Gasteiger partial charge < -0.3 is 8.97 Å². The summed E-state index contributed by atoms with van der Waals surface area (Å²) in [6.07, 6.45) is 25.9. The first-order chi connectivity index (χ1) is 14.3. The topological polar surface area (TPSA) is 0 Å². The first-order valence-corrected chi connectivity index (χ1v) is 14.0. The van der Waals surface area contributed by atoms with Crippen LogP contribution < -0.4 is 0 Å². The predicted octanol–water partition coefficient (Wildman–Crippen LogP) is 8.20. The van der Waals surface area contributed by atoms with E-state index in [0.717, 1.165) is 0 Å². The molecule has 0 aliphatic heterocycles. The molecule has 0 spiro atoms. The molecule has 0 saturated heterocycles. The van der Waals surface area contributed by atoms with Crippen LogP contribution in [0, 0.1) is 0 Å². The Bertz CT molecular complexity index is 349. The van der Waals surface area contributed by atoms with Gasteiger partial charge in [-0.25, -0.2) is 0 Å². The minimum atomic E-state index is 1.20. The molecule has 0 atom stereocenters. The molecule has 0 rings (SSSR count). The van der Waals surface area contributed by atoms with E-state index in [4.69, 9.17) is 0 Å². The van der Waals surface area contributed by atoms with Crippen LogP contribution >= 0.6 is 0 Å². The number of quaternary nitrogens is 2. The molecule has 0 bridgehead atoms. The Morgan fingerprint density at radius 2 is 0.533 bits per heavy atom. The van der Waals surface area contributed by atoms with Crippen molar-refractivity contribution in [3.05, 3.63) is 0 Å². The van der Waals surface area contributed by atoms with Gasteiger partial charge in [0.25, 0.3) is 0 Å². The molecule has 0 N–H and O–H groups in total. The van der Waals surface area contributed by atoms with Gasteiger partial charge in [0.05, 0.1) is 41.3 Å². The summed E-state index contributed by atoms with van der Waals surface area (Å²) < 4.78 is 2.41. The molecular formula is C28H62N2+2. The van der Waals surface area contributed by atoms with Gasteiger partial charge >= 0.3 is 0 Å². The van der Waals surface area contributed by atoms with Gasteiger partial charge in [-0.2, -0.15) is 0 Å². The molecule has 2 heteroatoms. The van der Waals surface area contributed by atoms with Crippen molar-refractivity contribution in [1.29, 1.82) is 0 Å². The highest BCUT2D eigenvalue weighted by Crippen LogP contribution is 2.13. The standard InChI is InChI=1S/C28H62N2/c1-7-9-11-13-15-16-17-18-19-20-22-24-26-30(5,6)28-27-29(3,4)25-23-21-14-12-10-8-2/h7-28H2,1-6H3/q+2. The summed E-state index contributed by atoms with van der Waals surface area (Å²) in [7, 11) is 9.78. The van der Waals surface area contributed by atoms with Crippen LogP contribution in [0.5, 0.6) is 0 Å². The van der Waals surface area contributed by atoms with Gasteiger partial charge in [-0.1, -0.05) is 104 Å². The summed E-state index contributed by atoms with van der Waals surface area (Å²) in [6.45, 7) is 9.95.